The number of rotatable bonds is 7. The SMILES string of the molecule is COc1ccc(C2CCCCC2)cc1-c1csc(NC(=O)C2CCCN(C(=O)Cc3ccccn3)C2)n1. The van der Waals surface area contributed by atoms with Gasteiger partial charge in [0.2, 0.25) is 11.8 Å². The van der Waals surface area contributed by atoms with E-state index in [4.69, 9.17) is 9.72 Å². The van der Waals surface area contributed by atoms with Crippen LogP contribution in [0.25, 0.3) is 11.3 Å². The van der Waals surface area contributed by atoms with E-state index >= 15 is 0 Å². The Hall–Kier alpha value is -3.26. The fourth-order valence-corrected chi connectivity index (χ4v) is 6.18. The van der Waals surface area contributed by atoms with Crippen LogP contribution >= 0.6 is 11.3 Å². The second-order valence-electron chi connectivity index (χ2n) is 10.00. The fraction of sp³-hybridized carbons (Fsp3) is 0.448. The van der Waals surface area contributed by atoms with E-state index in [9.17, 15) is 9.59 Å². The van der Waals surface area contributed by atoms with Crippen LogP contribution in [0.4, 0.5) is 5.13 Å². The molecular formula is C29H34N4O3S. The molecule has 3 aromatic rings. The summed E-state index contributed by atoms with van der Waals surface area (Å²) in [4.78, 5) is 36.7. The number of methoxy groups -OCH3 is 1. The first-order valence-corrected chi connectivity index (χ1v) is 14.1. The Labute approximate surface area is 222 Å². The van der Waals surface area contributed by atoms with Crippen LogP contribution < -0.4 is 10.1 Å². The lowest BCUT2D eigenvalue weighted by molar-refractivity contribution is -0.134. The van der Waals surface area contributed by atoms with Crippen molar-refractivity contribution < 1.29 is 14.3 Å². The van der Waals surface area contributed by atoms with Gasteiger partial charge in [-0.2, -0.15) is 0 Å². The quantitative estimate of drug-likeness (QED) is 0.435. The number of amides is 2. The molecule has 2 aliphatic rings. The highest BCUT2D eigenvalue weighted by atomic mass is 32.1. The summed E-state index contributed by atoms with van der Waals surface area (Å²) in [6.45, 7) is 1.10. The van der Waals surface area contributed by atoms with Gasteiger partial charge < -0.3 is 15.0 Å². The Morgan fingerprint density at radius 1 is 1.11 bits per heavy atom. The molecule has 1 saturated carbocycles. The number of thiazole rings is 1. The number of piperidine rings is 1. The summed E-state index contributed by atoms with van der Waals surface area (Å²) >= 11 is 1.42. The first kappa shape index (κ1) is 25.4. The van der Waals surface area contributed by atoms with E-state index in [0.717, 1.165) is 35.5 Å². The Bertz CT molecular complexity index is 1220. The third-order valence-corrected chi connectivity index (χ3v) is 8.27. The van der Waals surface area contributed by atoms with Gasteiger partial charge in [-0.15, -0.1) is 11.3 Å². The van der Waals surface area contributed by atoms with E-state index in [1.165, 1.54) is 49.0 Å². The van der Waals surface area contributed by atoms with Gasteiger partial charge in [-0.3, -0.25) is 14.6 Å². The lowest BCUT2D eigenvalue weighted by atomic mass is 9.83. The molecule has 0 bridgehead atoms. The van der Waals surface area contributed by atoms with Gasteiger partial charge in [0.1, 0.15) is 5.75 Å². The standard InChI is InChI=1S/C29H34N4O3S/c1-36-26-13-12-21(20-8-3-2-4-9-20)16-24(26)25-19-37-29(31-25)32-28(35)22-10-7-15-33(18-22)27(34)17-23-11-5-6-14-30-23/h5-6,11-14,16,19-20,22H,2-4,7-10,15,17-18H2,1H3,(H,31,32,35). The van der Waals surface area contributed by atoms with E-state index in [2.05, 4.69) is 22.4 Å². The van der Waals surface area contributed by atoms with Gasteiger partial charge in [-0.1, -0.05) is 31.4 Å². The van der Waals surface area contributed by atoms with Crippen molar-refractivity contribution >= 4 is 28.3 Å². The zero-order valence-electron chi connectivity index (χ0n) is 21.3. The number of nitrogens with one attached hydrogen (secondary N) is 1. The van der Waals surface area contributed by atoms with Gasteiger partial charge >= 0.3 is 0 Å². The number of aromatic nitrogens is 2. The van der Waals surface area contributed by atoms with E-state index in [0.29, 0.717) is 24.1 Å². The van der Waals surface area contributed by atoms with E-state index < -0.39 is 0 Å². The van der Waals surface area contributed by atoms with Crippen molar-refractivity contribution in [2.45, 2.75) is 57.3 Å². The van der Waals surface area contributed by atoms with Crippen LogP contribution in [-0.2, 0) is 16.0 Å². The van der Waals surface area contributed by atoms with Gasteiger partial charge in [0.05, 0.1) is 25.1 Å². The van der Waals surface area contributed by atoms with Crippen LogP contribution in [0.2, 0.25) is 0 Å². The van der Waals surface area contributed by atoms with E-state index in [-0.39, 0.29) is 24.2 Å². The summed E-state index contributed by atoms with van der Waals surface area (Å²) < 4.78 is 5.64. The molecule has 194 valence electrons. The van der Waals surface area contributed by atoms with Crippen LogP contribution in [-0.4, -0.2) is 46.9 Å². The molecule has 1 unspecified atom stereocenters. The molecule has 1 N–H and O–H groups in total. The number of likely N-dealkylation sites (tertiary alicyclic amines) is 1. The van der Waals surface area contributed by atoms with Crippen molar-refractivity contribution in [1.82, 2.24) is 14.9 Å². The molecule has 2 aromatic heterocycles. The van der Waals surface area contributed by atoms with Crippen LogP contribution in [0.5, 0.6) is 5.75 Å². The first-order chi connectivity index (χ1) is 18.1. The maximum absolute atomic E-state index is 13.1. The van der Waals surface area contributed by atoms with Crippen LogP contribution in [0, 0.1) is 5.92 Å². The Kier molecular flexibility index (Phi) is 8.14. The highest BCUT2D eigenvalue weighted by Gasteiger charge is 2.29. The van der Waals surface area contributed by atoms with Crippen molar-refractivity contribution in [3.63, 3.8) is 0 Å². The van der Waals surface area contributed by atoms with Crippen LogP contribution in [0.15, 0.2) is 48.0 Å². The molecule has 0 spiro atoms. The minimum atomic E-state index is -0.252. The number of ether oxygens (including phenoxy) is 1. The maximum Gasteiger partial charge on any atom is 0.231 e. The van der Waals surface area contributed by atoms with Gasteiger partial charge in [0.15, 0.2) is 5.13 Å². The summed E-state index contributed by atoms with van der Waals surface area (Å²) in [6.07, 6.45) is 9.87. The largest absolute Gasteiger partial charge is 0.496 e. The third-order valence-electron chi connectivity index (χ3n) is 7.51. The fourth-order valence-electron chi connectivity index (χ4n) is 5.47. The number of carbonyl (C=O) groups excluding carboxylic acids is 2. The summed E-state index contributed by atoms with van der Waals surface area (Å²) in [6, 6.07) is 12.0. The molecule has 8 heteroatoms. The number of hydrogen-bond acceptors (Lipinski definition) is 6. The molecule has 5 rings (SSSR count). The van der Waals surface area contributed by atoms with Gasteiger partial charge in [0.25, 0.3) is 0 Å². The van der Waals surface area contributed by atoms with Crippen molar-refractivity contribution in [2.75, 3.05) is 25.5 Å². The van der Waals surface area contributed by atoms with Crippen molar-refractivity contribution in [1.29, 1.82) is 0 Å². The number of pyridine rings is 1. The lowest BCUT2D eigenvalue weighted by Gasteiger charge is -2.31. The number of nitrogens with zero attached hydrogens (tertiary/aromatic N) is 3. The van der Waals surface area contributed by atoms with Crippen molar-refractivity contribution in [3.05, 3.63) is 59.2 Å². The van der Waals surface area contributed by atoms with Crippen molar-refractivity contribution in [2.24, 2.45) is 5.92 Å². The van der Waals surface area contributed by atoms with Gasteiger partial charge in [-0.25, -0.2) is 4.98 Å². The molecule has 3 heterocycles. The molecule has 0 radical (unpaired) electrons. The average molecular weight is 519 g/mol. The molecule has 1 aromatic carbocycles. The predicted molar refractivity (Wildman–Crippen MR) is 146 cm³/mol. The number of benzene rings is 1. The Balaban J connectivity index is 1.24. The van der Waals surface area contributed by atoms with Crippen LogP contribution in [0.3, 0.4) is 0 Å². The first-order valence-electron chi connectivity index (χ1n) is 13.2. The second kappa shape index (κ2) is 11.9. The third kappa shape index (κ3) is 6.18. The normalized spacial score (nSPS) is 18.4. The van der Waals surface area contributed by atoms with Crippen molar-refractivity contribution in [3.8, 4) is 17.0 Å². The number of hydrogen-bond donors (Lipinski definition) is 1. The van der Waals surface area contributed by atoms with E-state index in [1.54, 1.807) is 18.2 Å². The monoisotopic (exact) mass is 518 g/mol. The summed E-state index contributed by atoms with van der Waals surface area (Å²) in [5.74, 6) is 1.05. The average Bonchev–Trinajstić information content (AvgIpc) is 3.42. The molecule has 7 nitrogen and oxygen atoms in total. The highest BCUT2D eigenvalue weighted by Crippen LogP contribution is 2.38. The predicted octanol–water partition coefficient (Wildman–Crippen LogP) is 5.68. The molecule has 2 amide bonds. The van der Waals surface area contributed by atoms with Gasteiger partial charge in [-0.05, 0) is 61.4 Å². The Morgan fingerprint density at radius 3 is 2.76 bits per heavy atom. The van der Waals surface area contributed by atoms with E-state index in [1.807, 2.05) is 29.6 Å². The molecule has 1 aliphatic heterocycles. The zero-order chi connectivity index (χ0) is 25.6. The molecule has 1 aliphatic carbocycles. The zero-order valence-corrected chi connectivity index (χ0v) is 22.1. The summed E-state index contributed by atoms with van der Waals surface area (Å²) in [7, 11) is 1.68. The minimum Gasteiger partial charge on any atom is -0.496 e. The second-order valence-corrected chi connectivity index (χ2v) is 10.9. The minimum absolute atomic E-state index is 0.0117. The topological polar surface area (TPSA) is 84.4 Å². The summed E-state index contributed by atoms with van der Waals surface area (Å²) in [5, 5.41) is 5.55. The molecule has 2 fully saturated rings. The van der Waals surface area contributed by atoms with Crippen LogP contribution in [0.1, 0.15) is 62.1 Å². The smallest absolute Gasteiger partial charge is 0.231 e. The summed E-state index contributed by atoms with van der Waals surface area (Å²) in [5.41, 5.74) is 3.86. The number of anilines is 1. The number of carbonyl (C=O) groups is 2. The molecule has 1 atom stereocenters. The van der Waals surface area contributed by atoms with Gasteiger partial charge in [0, 0.05) is 35.9 Å². The maximum atomic E-state index is 13.1. The highest BCUT2D eigenvalue weighted by molar-refractivity contribution is 7.14. The lowest BCUT2D eigenvalue weighted by Crippen LogP contribution is -2.44. The molecule has 37 heavy (non-hydrogen) atoms. The molecule has 1 saturated heterocycles. The molecular weight excluding hydrogens is 484 g/mol. The Morgan fingerprint density at radius 2 is 1.97 bits per heavy atom.